The third kappa shape index (κ3) is 4.76. The Morgan fingerprint density at radius 3 is 2.44 bits per heavy atom. The summed E-state index contributed by atoms with van der Waals surface area (Å²) in [6, 6.07) is 10.4. The maximum atomic E-state index is 13.1. The number of hydrogen-bond donors (Lipinski definition) is 2. The van der Waals surface area contributed by atoms with E-state index in [0.29, 0.717) is 0 Å². The third-order valence-corrected chi connectivity index (χ3v) is 3.70. The van der Waals surface area contributed by atoms with Crippen LogP contribution in [0.5, 0.6) is 0 Å². The monoisotopic (exact) mass is 347 g/mol. The predicted octanol–water partition coefficient (Wildman–Crippen LogP) is 2.68. The maximum absolute atomic E-state index is 13.1. The van der Waals surface area contributed by atoms with Crippen LogP contribution in [0.1, 0.15) is 12.5 Å². The highest BCUT2D eigenvalue weighted by Crippen LogP contribution is 2.18. The molecule has 0 aliphatic carbocycles. The largest absolute Gasteiger partial charge is 0.375 e. The number of halogens is 2. The van der Waals surface area contributed by atoms with E-state index in [1.807, 2.05) is 43.1 Å². The fourth-order valence-corrected chi connectivity index (χ4v) is 2.22. The van der Waals surface area contributed by atoms with Crippen LogP contribution in [-0.4, -0.2) is 25.4 Å². The van der Waals surface area contributed by atoms with E-state index < -0.39 is 23.4 Å². The number of nitrogens with zero attached hydrogens (tertiary/aromatic N) is 1. The van der Waals surface area contributed by atoms with Crippen molar-refractivity contribution >= 4 is 23.2 Å². The fraction of sp³-hybridized carbons (Fsp3) is 0.222. The van der Waals surface area contributed by atoms with Crippen LogP contribution in [0.3, 0.4) is 0 Å². The molecule has 0 atom stereocenters. The van der Waals surface area contributed by atoms with Crippen molar-refractivity contribution in [1.82, 2.24) is 5.32 Å². The van der Waals surface area contributed by atoms with E-state index in [0.717, 1.165) is 29.9 Å². The van der Waals surface area contributed by atoms with E-state index in [9.17, 15) is 18.4 Å². The lowest BCUT2D eigenvalue weighted by Gasteiger charge is -2.20. The molecule has 0 aromatic heterocycles. The standard InChI is InChI=1S/C18H19F2N3O2/c1-3-23(2)16-7-5-4-6-12(16)11-21-17(24)18(25)22-13-8-9-14(19)15(20)10-13/h4-10H,3,11H2,1-2H3,(H,21,24)(H,22,25). The molecule has 0 unspecified atom stereocenters. The molecule has 7 heteroatoms. The third-order valence-electron chi connectivity index (χ3n) is 3.70. The molecule has 2 amide bonds. The highest BCUT2D eigenvalue weighted by atomic mass is 19.2. The number of carbonyl (C=O) groups excluding carboxylic acids is 2. The Bertz CT molecular complexity index is 781. The van der Waals surface area contributed by atoms with Crippen molar-refractivity contribution < 1.29 is 18.4 Å². The highest BCUT2D eigenvalue weighted by Gasteiger charge is 2.15. The lowest BCUT2D eigenvalue weighted by atomic mass is 10.1. The molecule has 132 valence electrons. The van der Waals surface area contributed by atoms with Gasteiger partial charge in [0.25, 0.3) is 0 Å². The van der Waals surface area contributed by atoms with Crippen molar-refractivity contribution in [2.45, 2.75) is 13.5 Å². The molecular weight excluding hydrogens is 328 g/mol. The number of rotatable bonds is 5. The zero-order valence-electron chi connectivity index (χ0n) is 14.0. The quantitative estimate of drug-likeness (QED) is 0.818. The van der Waals surface area contributed by atoms with Crippen molar-refractivity contribution in [2.24, 2.45) is 0 Å². The van der Waals surface area contributed by atoms with Crippen molar-refractivity contribution in [3.05, 3.63) is 59.7 Å². The zero-order chi connectivity index (χ0) is 18.4. The van der Waals surface area contributed by atoms with Gasteiger partial charge in [-0.2, -0.15) is 0 Å². The number of anilines is 2. The summed E-state index contributed by atoms with van der Waals surface area (Å²) in [7, 11) is 1.93. The molecule has 0 heterocycles. The molecule has 0 bridgehead atoms. The summed E-state index contributed by atoms with van der Waals surface area (Å²) in [6.45, 7) is 2.97. The molecule has 0 aliphatic heterocycles. The van der Waals surface area contributed by atoms with Gasteiger partial charge >= 0.3 is 11.8 Å². The molecule has 2 aromatic rings. The topological polar surface area (TPSA) is 61.4 Å². The normalized spacial score (nSPS) is 10.2. The number of nitrogens with one attached hydrogen (secondary N) is 2. The van der Waals surface area contributed by atoms with Gasteiger partial charge in [0.1, 0.15) is 0 Å². The second-order valence-corrected chi connectivity index (χ2v) is 5.41. The van der Waals surface area contributed by atoms with Crippen LogP contribution in [0.15, 0.2) is 42.5 Å². The molecule has 2 aromatic carbocycles. The highest BCUT2D eigenvalue weighted by molar-refractivity contribution is 6.39. The Labute approximate surface area is 144 Å². The minimum absolute atomic E-state index is 0.00478. The maximum Gasteiger partial charge on any atom is 0.313 e. The van der Waals surface area contributed by atoms with E-state index in [1.54, 1.807) is 0 Å². The minimum Gasteiger partial charge on any atom is -0.375 e. The molecule has 2 rings (SSSR count). The van der Waals surface area contributed by atoms with Crippen molar-refractivity contribution in [1.29, 1.82) is 0 Å². The van der Waals surface area contributed by atoms with Gasteiger partial charge in [0, 0.05) is 37.6 Å². The Kier molecular flexibility index (Phi) is 6.05. The Hall–Kier alpha value is -2.96. The molecule has 0 saturated carbocycles. The van der Waals surface area contributed by atoms with E-state index in [2.05, 4.69) is 10.6 Å². The first-order chi connectivity index (χ1) is 11.9. The van der Waals surface area contributed by atoms with Crippen LogP contribution >= 0.6 is 0 Å². The van der Waals surface area contributed by atoms with Crippen LogP contribution in [0.4, 0.5) is 20.2 Å². The van der Waals surface area contributed by atoms with E-state index in [1.165, 1.54) is 6.07 Å². The minimum atomic E-state index is -1.10. The molecule has 25 heavy (non-hydrogen) atoms. The SMILES string of the molecule is CCN(C)c1ccccc1CNC(=O)C(=O)Nc1ccc(F)c(F)c1. The smallest absolute Gasteiger partial charge is 0.313 e. The molecule has 0 aliphatic rings. The van der Waals surface area contributed by atoms with Crippen LogP contribution in [0.2, 0.25) is 0 Å². The first-order valence-electron chi connectivity index (χ1n) is 7.75. The number of para-hydroxylation sites is 1. The fourth-order valence-electron chi connectivity index (χ4n) is 2.22. The first-order valence-corrected chi connectivity index (χ1v) is 7.75. The molecule has 0 spiro atoms. The zero-order valence-corrected chi connectivity index (χ0v) is 14.0. The second kappa shape index (κ2) is 8.23. The van der Waals surface area contributed by atoms with Gasteiger partial charge in [0.15, 0.2) is 11.6 Å². The summed E-state index contributed by atoms with van der Waals surface area (Å²) >= 11 is 0. The van der Waals surface area contributed by atoms with E-state index in [-0.39, 0.29) is 12.2 Å². The lowest BCUT2D eigenvalue weighted by Crippen LogP contribution is -2.35. The summed E-state index contributed by atoms with van der Waals surface area (Å²) in [4.78, 5) is 25.8. The van der Waals surface area contributed by atoms with Gasteiger partial charge in [-0.3, -0.25) is 9.59 Å². The summed E-state index contributed by atoms with van der Waals surface area (Å²) < 4.78 is 26.0. The van der Waals surface area contributed by atoms with E-state index >= 15 is 0 Å². The Morgan fingerprint density at radius 1 is 1.04 bits per heavy atom. The molecule has 0 radical (unpaired) electrons. The van der Waals surface area contributed by atoms with Crippen molar-refractivity contribution in [3.63, 3.8) is 0 Å². The summed E-state index contributed by atoms with van der Waals surface area (Å²) in [5.74, 6) is -3.94. The number of carbonyl (C=O) groups is 2. The van der Waals surface area contributed by atoms with Crippen LogP contribution in [0.25, 0.3) is 0 Å². The average Bonchev–Trinajstić information content (AvgIpc) is 2.62. The van der Waals surface area contributed by atoms with Gasteiger partial charge < -0.3 is 15.5 Å². The van der Waals surface area contributed by atoms with Crippen molar-refractivity contribution in [2.75, 3.05) is 23.8 Å². The summed E-state index contributed by atoms with van der Waals surface area (Å²) in [6.07, 6.45) is 0. The van der Waals surface area contributed by atoms with Crippen LogP contribution in [-0.2, 0) is 16.1 Å². The average molecular weight is 347 g/mol. The van der Waals surface area contributed by atoms with Gasteiger partial charge in [-0.15, -0.1) is 0 Å². The van der Waals surface area contributed by atoms with Gasteiger partial charge in [-0.05, 0) is 30.7 Å². The molecular formula is C18H19F2N3O2. The molecule has 5 nitrogen and oxygen atoms in total. The van der Waals surface area contributed by atoms with Gasteiger partial charge in [0.05, 0.1) is 0 Å². The molecule has 2 N–H and O–H groups in total. The summed E-state index contributed by atoms with van der Waals surface area (Å²) in [5.41, 5.74) is 1.82. The van der Waals surface area contributed by atoms with E-state index in [4.69, 9.17) is 0 Å². The van der Waals surface area contributed by atoms with Crippen LogP contribution in [0, 0.1) is 11.6 Å². The second-order valence-electron chi connectivity index (χ2n) is 5.41. The summed E-state index contributed by atoms with van der Waals surface area (Å²) in [5, 5.41) is 4.75. The number of amides is 2. The van der Waals surface area contributed by atoms with Gasteiger partial charge in [-0.1, -0.05) is 18.2 Å². The van der Waals surface area contributed by atoms with Gasteiger partial charge in [-0.25, -0.2) is 8.78 Å². The number of hydrogen-bond acceptors (Lipinski definition) is 3. The lowest BCUT2D eigenvalue weighted by molar-refractivity contribution is -0.136. The molecule has 0 saturated heterocycles. The number of benzene rings is 2. The predicted molar refractivity (Wildman–Crippen MR) is 92.2 cm³/mol. The molecule has 0 fully saturated rings. The first kappa shape index (κ1) is 18.4. The Balaban J connectivity index is 1.98. The van der Waals surface area contributed by atoms with Gasteiger partial charge in [0.2, 0.25) is 0 Å². The Morgan fingerprint density at radius 2 is 1.76 bits per heavy atom. The van der Waals surface area contributed by atoms with Crippen LogP contribution < -0.4 is 15.5 Å². The van der Waals surface area contributed by atoms with Crippen molar-refractivity contribution in [3.8, 4) is 0 Å².